The monoisotopic (exact) mass is 684 g/mol. The zero-order valence-electron chi connectivity index (χ0n) is 27.6. The first-order chi connectivity index (χ1) is 23.8. The lowest BCUT2D eigenvalue weighted by Crippen LogP contribution is -2.55. The molecule has 2 fully saturated rings. The number of aromatic nitrogens is 2. The van der Waals surface area contributed by atoms with Crippen LogP contribution in [-0.2, 0) is 16.0 Å². The number of hydrogen-bond acceptors (Lipinski definition) is 9. The van der Waals surface area contributed by atoms with Crippen LogP contribution in [0.2, 0.25) is 5.02 Å². The first-order valence-electron chi connectivity index (χ1n) is 16.6. The lowest BCUT2D eigenvalue weighted by atomic mass is 9.89. The van der Waals surface area contributed by atoms with Crippen LogP contribution in [0.15, 0.2) is 54.9 Å². The molecule has 10 nitrogen and oxygen atoms in total. The summed E-state index contributed by atoms with van der Waals surface area (Å²) in [5.74, 6) is -0.555. The quantitative estimate of drug-likeness (QED) is 0.209. The summed E-state index contributed by atoms with van der Waals surface area (Å²) >= 11 is 6.82. The Hall–Kier alpha value is -4.50. The second kappa shape index (κ2) is 13.8. The highest BCUT2D eigenvalue weighted by Crippen LogP contribution is 2.46. The lowest BCUT2D eigenvalue weighted by Gasteiger charge is -2.41. The van der Waals surface area contributed by atoms with Gasteiger partial charge in [0.15, 0.2) is 5.83 Å². The molecule has 0 saturated carbocycles. The number of piperazine rings is 1. The molecule has 1 amide bonds. The third-order valence-electron chi connectivity index (χ3n) is 9.96. The van der Waals surface area contributed by atoms with E-state index in [-0.39, 0.29) is 37.7 Å². The zero-order chi connectivity index (χ0) is 34.2. The molecular formula is C37H38ClFN6O4. The second-order valence-electron chi connectivity index (χ2n) is 12.9. The minimum atomic E-state index is -1.05. The van der Waals surface area contributed by atoms with Gasteiger partial charge in [0.2, 0.25) is 0 Å². The molecular weight excluding hydrogens is 647 g/mol. The second-order valence-corrected chi connectivity index (χ2v) is 13.3. The molecule has 0 bridgehead atoms. The van der Waals surface area contributed by atoms with Crippen LogP contribution in [0.3, 0.4) is 0 Å². The summed E-state index contributed by atoms with van der Waals surface area (Å²) in [7, 11) is 3.77. The van der Waals surface area contributed by atoms with E-state index in [1.54, 1.807) is 7.11 Å². The van der Waals surface area contributed by atoms with Gasteiger partial charge in [0, 0.05) is 55.3 Å². The molecule has 254 valence electrons. The van der Waals surface area contributed by atoms with Gasteiger partial charge in [-0.2, -0.15) is 15.2 Å². The van der Waals surface area contributed by atoms with Crippen LogP contribution in [0, 0.1) is 11.3 Å². The molecule has 0 radical (unpaired) electrons. The predicted octanol–water partition coefficient (Wildman–Crippen LogP) is 5.94. The number of benzene rings is 3. The number of rotatable bonds is 8. The van der Waals surface area contributed by atoms with E-state index in [2.05, 4.69) is 41.8 Å². The molecule has 49 heavy (non-hydrogen) atoms. The molecule has 0 N–H and O–H groups in total. The lowest BCUT2D eigenvalue weighted by molar-refractivity contribution is -0.131. The van der Waals surface area contributed by atoms with Crippen molar-refractivity contribution in [2.45, 2.75) is 43.9 Å². The molecule has 3 aliphatic rings. The zero-order valence-corrected chi connectivity index (χ0v) is 28.4. The van der Waals surface area contributed by atoms with Crippen LogP contribution in [0.25, 0.3) is 32.8 Å². The molecule has 4 heterocycles. The number of likely N-dealkylation sites (tertiary alicyclic amines) is 1. The molecule has 0 spiro atoms. The molecule has 3 atom stereocenters. The summed E-state index contributed by atoms with van der Waals surface area (Å²) in [5, 5.41) is 13.0. The van der Waals surface area contributed by atoms with E-state index in [1.807, 2.05) is 30.1 Å². The number of nitrogens with zero attached hydrogens (tertiary/aromatic N) is 6. The Morgan fingerprint density at radius 1 is 1.14 bits per heavy atom. The molecule has 3 aliphatic heterocycles. The van der Waals surface area contributed by atoms with Crippen molar-refractivity contribution in [2.75, 3.05) is 58.5 Å². The van der Waals surface area contributed by atoms with E-state index >= 15 is 0 Å². The molecule has 2 saturated heterocycles. The molecule has 7 rings (SSSR count). The fourth-order valence-corrected chi connectivity index (χ4v) is 7.75. The summed E-state index contributed by atoms with van der Waals surface area (Å²) in [6, 6.07) is 16.1. The highest BCUT2D eigenvalue weighted by molar-refractivity contribution is 6.36. The van der Waals surface area contributed by atoms with Crippen molar-refractivity contribution < 1.29 is 23.4 Å². The Bertz CT molecular complexity index is 1980. The normalized spacial score (nSPS) is 21.0. The number of hydrogen-bond donors (Lipinski definition) is 0. The molecule has 3 aromatic carbocycles. The van der Waals surface area contributed by atoms with Gasteiger partial charge in [-0.3, -0.25) is 9.69 Å². The number of amides is 1. The van der Waals surface area contributed by atoms with Crippen LogP contribution in [0.4, 0.5) is 10.2 Å². The van der Waals surface area contributed by atoms with Crippen LogP contribution < -0.4 is 14.4 Å². The largest absolute Gasteiger partial charge is 0.492 e. The van der Waals surface area contributed by atoms with Crippen molar-refractivity contribution in [3.63, 3.8) is 0 Å². The van der Waals surface area contributed by atoms with Gasteiger partial charge in [0.1, 0.15) is 18.2 Å². The number of methoxy groups -OCH3 is 1. The topological polar surface area (TPSA) is 104 Å². The van der Waals surface area contributed by atoms with Crippen molar-refractivity contribution in [1.29, 1.82) is 5.26 Å². The Kier molecular flexibility index (Phi) is 9.29. The van der Waals surface area contributed by atoms with Crippen LogP contribution in [0.5, 0.6) is 11.8 Å². The van der Waals surface area contributed by atoms with Gasteiger partial charge in [-0.15, -0.1) is 0 Å². The van der Waals surface area contributed by atoms with Crippen molar-refractivity contribution in [1.82, 2.24) is 19.8 Å². The Morgan fingerprint density at radius 3 is 2.71 bits per heavy atom. The van der Waals surface area contributed by atoms with Crippen molar-refractivity contribution in [2.24, 2.45) is 0 Å². The number of ether oxygens (including phenoxy) is 3. The van der Waals surface area contributed by atoms with Gasteiger partial charge in [-0.25, -0.2) is 4.39 Å². The maximum absolute atomic E-state index is 14.0. The van der Waals surface area contributed by atoms with Crippen LogP contribution >= 0.6 is 11.6 Å². The Morgan fingerprint density at radius 2 is 1.96 bits per heavy atom. The average Bonchev–Trinajstić information content (AvgIpc) is 3.48. The SMILES string of the molecule is C=C(F)C(=O)N1CCN(c2nc(OC[C@H]3C[C@@H](OC)CN3C)nc3cc(-c4cccc5cccc(Cl)c45)c4c(c23)OCCC4)C[C@@H]1CC#N. The summed E-state index contributed by atoms with van der Waals surface area (Å²) in [6.07, 6.45) is 2.61. The number of nitriles is 1. The van der Waals surface area contributed by atoms with E-state index in [4.69, 9.17) is 35.8 Å². The summed E-state index contributed by atoms with van der Waals surface area (Å²) in [6.45, 7) is 5.71. The van der Waals surface area contributed by atoms with Gasteiger partial charge in [-0.05, 0) is 55.0 Å². The number of anilines is 1. The van der Waals surface area contributed by atoms with Gasteiger partial charge < -0.3 is 24.0 Å². The van der Waals surface area contributed by atoms with E-state index in [0.717, 1.165) is 58.7 Å². The molecule has 1 aromatic heterocycles. The number of carbonyl (C=O) groups is 1. The highest BCUT2D eigenvalue weighted by atomic mass is 35.5. The number of likely N-dealkylation sites (N-methyl/N-ethyl adjacent to an activating group) is 1. The molecule has 0 unspecified atom stereocenters. The van der Waals surface area contributed by atoms with Crippen LogP contribution in [-0.4, -0.2) is 97.4 Å². The Balaban J connectivity index is 1.38. The first-order valence-corrected chi connectivity index (χ1v) is 17.0. The molecule has 12 heteroatoms. The highest BCUT2D eigenvalue weighted by Gasteiger charge is 2.35. The summed E-state index contributed by atoms with van der Waals surface area (Å²) in [5.41, 5.74) is 3.65. The number of carbonyl (C=O) groups excluding carboxylic acids is 1. The minimum absolute atomic E-state index is 0.0250. The standard InChI is InChI=1S/C37H38ClFN6O4/c1-22(39)36(46)45-15-14-44(19-24(45)12-13-40)35-33-31(41-37(42-35)49-21-25-17-26(47-3)20-43(25)2)18-29(28-10-6-16-48-34(28)33)27-9-4-7-23-8-5-11-30(38)32(23)27/h4-5,7-9,11,18,24-26H,1,6,10,12,14-17,19-21H2,2-3H3/t24-,25+,26+/m0/s1. The first kappa shape index (κ1) is 33.0. The fourth-order valence-electron chi connectivity index (χ4n) is 7.46. The summed E-state index contributed by atoms with van der Waals surface area (Å²) < 4.78 is 32.4. The third kappa shape index (κ3) is 6.25. The number of halogens is 2. The van der Waals surface area contributed by atoms with E-state index in [0.29, 0.717) is 41.9 Å². The van der Waals surface area contributed by atoms with Gasteiger partial charge in [-0.1, -0.05) is 48.5 Å². The van der Waals surface area contributed by atoms with Gasteiger partial charge >= 0.3 is 6.01 Å². The van der Waals surface area contributed by atoms with Crippen molar-refractivity contribution in [3.8, 4) is 29.0 Å². The number of fused-ring (bicyclic) bond motifs is 4. The maximum Gasteiger partial charge on any atom is 0.319 e. The van der Waals surface area contributed by atoms with E-state index < -0.39 is 17.8 Å². The van der Waals surface area contributed by atoms with Crippen molar-refractivity contribution in [3.05, 3.63) is 65.5 Å². The van der Waals surface area contributed by atoms with E-state index in [1.165, 1.54) is 4.90 Å². The fraction of sp³-hybridized carbons (Fsp3) is 0.405. The molecule has 4 aromatic rings. The van der Waals surface area contributed by atoms with E-state index in [9.17, 15) is 14.4 Å². The third-order valence-corrected chi connectivity index (χ3v) is 10.3. The Labute approximate surface area is 289 Å². The van der Waals surface area contributed by atoms with Crippen LogP contribution in [0.1, 0.15) is 24.8 Å². The van der Waals surface area contributed by atoms with Gasteiger partial charge in [0.05, 0.1) is 42.1 Å². The summed E-state index contributed by atoms with van der Waals surface area (Å²) in [4.78, 5) is 28.3. The maximum atomic E-state index is 14.0. The van der Waals surface area contributed by atoms with Gasteiger partial charge in [0.25, 0.3) is 5.91 Å². The molecule has 0 aliphatic carbocycles. The average molecular weight is 685 g/mol. The minimum Gasteiger partial charge on any atom is -0.492 e. The van der Waals surface area contributed by atoms with Crippen molar-refractivity contribution >= 4 is 45.0 Å². The predicted molar refractivity (Wildman–Crippen MR) is 187 cm³/mol. The smallest absolute Gasteiger partial charge is 0.319 e.